The number of pyridine rings is 1. The van der Waals surface area contributed by atoms with Crippen LogP contribution in [-0.4, -0.2) is 18.5 Å². The summed E-state index contributed by atoms with van der Waals surface area (Å²) in [4.78, 5) is 0. The molecular weight excluding hydrogens is 295 g/mol. The summed E-state index contributed by atoms with van der Waals surface area (Å²) in [7, 11) is -6.09. The molecule has 0 spiro atoms. The second kappa shape index (κ2) is 8.21. The third-order valence-electron chi connectivity index (χ3n) is 2.29. The van der Waals surface area contributed by atoms with Crippen LogP contribution in [0.4, 0.5) is 13.2 Å². The fourth-order valence-electron chi connectivity index (χ4n) is 1.45. The highest BCUT2D eigenvalue weighted by atomic mass is 32.2. The van der Waals surface area contributed by atoms with Gasteiger partial charge in [0, 0.05) is 25.0 Å². The lowest BCUT2D eigenvalue weighted by molar-refractivity contribution is -0.704. The second-order valence-corrected chi connectivity index (χ2v) is 5.41. The first kappa shape index (κ1) is 18.9. The number of nitrogens with zero attached hydrogens (tertiary/aromatic N) is 1. The number of halogens is 3. The van der Waals surface area contributed by atoms with Crippen molar-refractivity contribution in [3.05, 3.63) is 30.1 Å². The Labute approximate surface area is 117 Å². The zero-order valence-electron chi connectivity index (χ0n) is 11.4. The average Bonchev–Trinajstić information content (AvgIpc) is 2.30. The molecule has 0 aliphatic carbocycles. The topological polar surface area (TPSA) is 61.1 Å². The van der Waals surface area contributed by atoms with E-state index in [1.807, 2.05) is 0 Å². The molecule has 20 heavy (non-hydrogen) atoms. The van der Waals surface area contributed by atoms with Gasteiger partial charge < -0.3 is 4.55 Å². The summed E-state index contributed by atoms with van der Waals surface area (Å²) < 4.78 is 61.3. The highest BCUT2D eigenvalue weighted by molar-refractivity contribution is 7.86. The number of hydrogen-bond acceptors (Lipinski definition) is 3. The van der Waals surface area contributed by atoms with Gasteiger partial charge in [-0.1, -0.05) is 19.9 Å². The van der Waals surface area contributed by atoms with Crippen molar-refractivity contribution in [3.8, 4) is 0 Å². The van der Waals surface area contributed by atoms with Crippen LogP contribution in [0.15, 0.2) is 24.4 Å². The number of hydrogen-bond donors (Lipinski definition) is 0. The van der Waals surface area contributed by atoms with Gasteiger partial charge in [0.1, 0.15) is 6.54 Å². The van der Waals surface area contributed by atoms with E-state index in [-0.39, 0.29) is 0 Å². The van der Waals surface area contributed by atoms with Gasteiger partial charge in [-0.2, -0.15) is 13.2 Å². The summed E-state index contributed by atoms with van der Waals surface area (Å²) in [5.74, 6) is 0. The molecule has 0 saturated heterocycles. The Hall–Kier alpha value is -1.15. The van der Waals surface area contributed by atoms with E-state index in [1.165, 1.54) is 25.0 Å². The van der Waals surface area contributed by atoms with Crippen molar-refractivity contribution in [2.24, 2.45) is 0 Å². The first-order chi connectivity index (χ1) is 9.13. The van der Waals surface area contributed by atoms with E-state index in [2.05, 4.69) is 42.8 Å². The Balaban J connectivity index is 0.000000396. The van der Waals surface area contributed by atoms with E-state index in [0.717, 1.165) is 6.54 Å². The minimum Gasteiger partial charge on any atom is -0.741 e. The van der Waals surface area contributed by atoms with E-state index in [9.17, 15) is 13.2 Å². The number of aryl methyl sites for hydroxylation is 2. The van der Waals surface area contributed by atoms with Gasteiger partial charge in [-0.25, -0.2) is 13.0 Å². The molecule has 1 rings (SSSR count). The van der Waals surface area contributed by atoms with E-state index < -0.39 is 15.6 Å². The molecule has 116 valence electrons. The van der Waals surface area contributed by atoms with Gasteiger partial charge >= 0.3 is 5.51 Å². The second-order valence-electron chi connectivity index (χ2n) is 4.04. The Morgan fingerprint density at radius 2 is 1.75 bits per heavy atom. The van der Waals surface area contributed by atoms with E-state index in [0.29, 0.717) is 0 Å². The van der Waals surface area contributed by atoms with Crippen molar-refractivity contribution in [1.29, 1.82) is 0 Å². The molecule has 0 bridgehead atoms. The minimum atomic E-state index is -6.09. The summed E-state index contributed by atoms with van der Waals surface area (Å²) in [6.45, 7) is 5.59. The van der Waals surface area contributed by atoms with Crippen LogP contribution in [0.1, 0.15) is 32.4 Å². The molecule has 0 aliphatic heterocycles. The maximum atomic E-state index is 10.7. The lowest BCUT2D eigenvalue weighted by atomic mass is 10.2. The first-order valence-corrected chi connectivity index (χ1v) is 7.53. The molecule has 0 amide bonds. The van der Waals surface area contributed by atoms with Gasteiger partial charge in [-0.3, -0.25) is 0 Å². The number of aromatic nitrogens is 1. The Morgan fingerprint density at radius 1 is 1.20 bits per heavy atom. The third kappa shape index (κ3) is 6.85. The SMILES string of the molecule is CCCc1cccc[n+]1CCC.O=S(=O)([O-])C(F)(F)F. The molecule has 0 saturated carbocycles. The summed E-state index contributed by atoms with van der Waals surface area (Å²) >= 11 is 0. The Morgan fingerprint density at radius 3 is 2.15 bits per heavy atom. The van der Waals surface area contributed by atoms with E-state index >= 15 is 0 Å². The molecule has 0 radical (unpaired) electrons. The van der Waals surface area contributed by atoms with Gasteiger partial charge in [0.15, 0.2) is 22.0 Å². The van der Waals surface area contributed by atoms with Crippen molar-refractivity contribution in [1.82, 2.24) is 0 Å². The molecule has 8 heteroatoms. The van der Waals surface area contributed by atoms with E-state index in [4.69, 9.17) is 13.0 Å². The van der Waals surface area contributed by atoms with Crippen molar-refractivity contribution >= 4 is 10.1 Å². The minimum absolute atomic E-state index is 1.15. The van der Waals surface area contributed by atoms with Crippen molar-refractivity contribution < 1.29 is 30.7 Å². The summed E-state index contributed by atoms with van der Waals surface area (Å²) in [6, 6.07) is 6.45. The summed E-state index contributed by atoms with van der Waals surface area (Å²) in [5, 5.41) is 0. The maximum absolute atomic E-state index is 10.7. The normalized spacial score (nSPS) is 11.7. The standard InChI is InChI=1S/C11H18N.CHF3O3S/c1-3-7-11-8-5-6-10-12(11)9-4-2;2-1(3,4)8(5,6)7/h5-6,8,10H,3-4,7,9H2,1-2H3;(H,5,6,7)/q+1;/p-1. The fraction of sp³-hybridized carbons (Fsp3) is 0.583. The van der Waals surface area contributed by atoms with Crippen molar-refractivity contribution in [3.63, 3.8) is 0 Å². The molecule has 1 aromatic rings. The van der Waals surface area contributed by atoms with Gasteiger partial charge in [0.25, 0.3) is 0 Å². The fourth-order valence-corrected chi connectivity index (χ4v) is 1.45. The Bertz CT molecular complexity index is 476. The summed E-state index contributed by atoms with van der Waals surface area (Å²) in [5.41, 5.74) is -4.19. The van der Waals surface area contributed by atoms with E-state index in [1.54, 1.807) is 0 Å². The smallest absolute Gasteiger partial charge is 0.485 e. The molecule has 1 aromatic heterocycles. The van der Waals surface area contributed by atoms with Crippen LogP contribution >= 0.6 is 0 Å². The molecule has 0 atom stereocenters. The largest absolute Gasteiger partial charge is 0.741 e. The van der Waals surface area contributed by atoms with Crippen LogP contribution in [0.3, 0.4) is 0 Å². The van der Waals surface area contributed by atoms with Gasteiger partial charge in [-0.15, -0.1) is 0 Å². The summed E-state index contributed by atoms with van der Waals surface area (Å²) in [6.07, 6.45) is 5.81. The van der Waals surface area contributed by atoms with Crippen LogP contribution in [0, 0.1) is 0 Å². The quantitative estimate of drug-likeness (QED) is 0.487. The third-order valence-corrected chi connectivity index (χ3v) is 2.86. The zero-order valence-corrected chi connectivity index (χ0v) is 12.2. The highest BCUT2D eigenvalue weighted by Gasteiger charge is 2.36. The van der Waals surface area contributed by atoms with Crippen LogP contribution in [0.5, 0.6) is 0 Å². The van der Waals surface area contributed by atoms with Crippen LogP contribution in [0.25, 0.3) is 0 Å². The molecule has 0 unspecified atom stereocenters. The molecule has 0 fully saturated rings. The van der Waals surface area contributed by atoms with Crippen LogP contribution < -0.4 is 4.57 Å². The monoisotopic (exact) mass is 313 g/mol. The highest BCUT2D eigenvalue weighted by Crippen LogP contribution is 2.20. The van der Waals surface area contributed by atoms with Gasteiger partial charge in [0.2, 0.25) is 0 Å². The lowest BCUT2D eigenvalue weighted by Crippen LogP contribution is -2.37. The molecular formula is C12H18F3NO3S. The lowest BCUT2D eigenvalue weighted by Gasteiger charge is -2.08. The molecule has 0 N–H and O–H groups in total. The molecule has 0 aliphatic rings. The zero-order chi connectivity index (χ0) is 15.8. The van der Waals surface area contributed by atoms with Gasteiger partial charge in [0.05, 0.1) is 0 Å². The maximum Gasteiger partial charge on any atom is 0.485 e. The number of alkyl halides is 3. The molecule has 0 aromatic carbocycles. The first-order valence-electron chi connectivity index (χ1n) is 6.13. The van der Waals surface area contributed by atoms with Crippen LogP contribution in [-0.2, 0) is 23.1 Å². The van der Waals surface area contributed by atoms with Crippen molar-refractivity contribution in [2.45, 2.75) is 45.2 Å². The predicted molar refractivity (Wildman–Crippen MR) is 66.7 cm³/mol. The molecule has 4 nitrogen and oxygen atoms in total. The Kier molecular flexibility index (Phi) is 7.74. The average molecular weight is 313 g/mol. The van der Waals surface area contributed by atoms with Crippen LogP contribution in [0.2, 0.25) is 0 Å². The van der Waals surface area contributed by atoms with Gasteiger partial charge in [-0.05, 0) is 6.42 Å². The predicted octanol–water partition coefficient (Wildman–Crippen LogP) is 2.39. The number of rotatable bonds is 4. The van der Waals surface area contributed by atoms with Crippen molar-refractivity contribution in [2.75, 3.05) is 0 Å². The molecule has 1 heterocycles.